The maximum atomic E-state index is 13.2. The molecule has 2 atom stereocenters. The van der Waals surface area contributed by atoms with E-state index in [9.17, 15) is 18.0 Å². The minimum atomic E-state index is -3.45. The van der Waals surface area contributed by atoms with Crippen LogP contribution in [0, 0.1) is 6.92 Å². The van der Waals surface area contributed by atoms with E-state index in [2.05, 4.69) is 36.1 Å². The van der Waals surface area contributed by atoms with Crippen molar-refractivity contribution in [3.8, 4) is 11.1 Å². The summed E-state index contributed by atoms with van der Waals surface area (Å²) in [5.41, 5.74) is 4.03. The molecule has 0 N–H and O–H groups in total. The number of carbonyl (C=O) groups is 2. The predicted molar refractivity (Wildman–Crippen MR) is 147 cm³/mol. The molecule has 2 aromatic carbocycles. The maximum absolute atomic E-state index is 13.2. The van der Waals surface area contributed by atoms with Crippen LogP contribution in [0.1, 0.15) is 28.8 Å². The van der Waals surface area contributed by atoms with Gasteiger partial charge in [0.15, 0.2) is 0 Å². The lowest BCUT2D eigenvalue weighted by molar-refractivity contribution is 0.0734. The largest absolute Gasteiger partial charge is 0.337 e. The van der Waals surface area contributed by atoms with Crippen LogP contribution in [0.2, 0.25) is 0 Å². The minimum Gasteiger partial charge on any atom is -0.337 e. The molecule has 0 aromatic heterocycles. The summed E-state index contributed by atoms with van der Waals surface area (Å²) in [5.74, 6) is -0.0455. The molecular weight excluding hydrogens is 504 g/mol. The third-order valence-corrected chi connectivity index (χ3v) is 8.22. The number of likely N-dealkylation sites (N-methyl/N-ethyl adjacent to an activating group) is 2. The molecule has 3 amide bonds. The fraction of sp³-hybridized carbons (Fsp3) is 0.500. The van der Waals surface area contributed by atoms with Crippen molar-refractivity contribution in [1.29, 1.82) is 0 Å². The van der Waals surface area contributed by atoms with Gasteiger partial charge in [0.2, 0.25) is 0 Å². The summed E-state index contributed by atoms with van der Waals surface area (Å²) >= 11 is 0. The van der Waals surface area contributed by atoms with Gasteiger partial charge in [-0.25, -0.2) is 4.79 Å². The van der Waals surface area contributed by atoms with Crippen LogP contribution in [-0.4, -0.2) is 112 Å². The number of rotatable bonds is 8. The second-order valence-electron chi connectivity index (χ2n) is 10.4. The number of aryl methyl sites for hydroxylation is 1. The first-order valence-electron chi connectivity index (χ1n) is 13.0. The molecule has 10 heteroatoms. The van der Waals surface area contributed by atoms with Gasteiger partial charge in [-0.05, 0) is 43.0 Å². The van der Waals surface area contributed by atoms with E-state index in [0.29, 0.717) is 31.7 Å². The van der Waals surface area contributed by atoms with Crippen LogP contribution in [-0.2, 0) is 14.3 Å². The van der Waals surface area contributed by atoms with Crippen LogP contribution < -0.4 is 0 Å². The van der Waals surface area contributed by atoms with Crippen molar-refractivity contribution in [2.24, 2.45) is 0 Å². The topological polar surface area (TPSA) is 90.5 Å². The van der Waals surface area contributed by atoms with Crippen LogP contribution in [0.25, 0.3) is 11.1 Å². The fourth-order valence-corrected chi connectivity index (χ4v) is 5.56. The van der Waals surface area contributed by atoms with Crippen molar-refractivity contribution in [2.75, 3.05) is 59.7 Å². The Kier molecular flexibility index (Phi) is 8.74. The smallest absolute Gasteiger partial charge is 0.320 e. The van der Waals surface area contributed by atoms with E-state index in [1.54, 1.807) is 9.80 Å². The van der Waals surface area contributed by atoms with Gasteiger partial charge in [-0.1, -0.05) is 42.0 Å². The number of amides is 3. The first-order chi connectivity index (χ1) is 18.0. The second kappa shape index (κ2) is 11.8. The number of urea groups is 1. The molecule has 0 radical (unpaired) electrons. The van der Waals surface area contributed by atoms with Crippen LogP contribution in [0.15, 0.2) is 48.5 Å². The molecule has 2 fully saturated rings. The van der Waals surface area contributed by atoms with Crippen molar-refractivity contribution in [3.63, 3.8) is 0 Å². The molecular formula is C28H38N4O5S. The van der Waals surface area contributed by atoms with Gasteiger partial charge in [0.25, 0.3) is 16.0 Å². The third kappa shape index (κ3) is 6.92. The number of likely N-dealkylation sites (tertiary alicyclic amines) is 2. The molecule has 2 aromatic rings. The molecule has 0 saturated carbocycles. The highest BCUT2D eigenvalue weighted by Crippen LogP contribution is 2.23. The number of carbonyl (C=O) groups excluding carboxylic acids is 2. The van der Waals surface area contributed by atoms with E-state index in [1.807, 2.05) is 43.3 Å². The monoisotopic (exact) mass is 542 g/mol. The normalized spacial score (nSPS) is 20.1. The molecule has 4 rings (SSSR count). The van der Waals surface area contributed by atoms with Gasteiger partial charge in [0, 0.05) is 58.4 Å². The van der Waals surface area contributed by atoms with Crippen LogP contribution in [0.4, 0.5) is 4.79 Å². The van der Waals surface area contributed by atoms with Crippen molar-refractivity contribution < 1.29 is 22.2 Å². The average Bonchev–Trinajstić information content (AvgIpc) is 3.57. The van der Waals surface area contributed by atoms with E-state index >= 15 is 0 Å². The highest BCUT2D eigenvalue weighted by Gasteiger charge is 2.35. The minimum absolute atomic E-state index is 0.0324. The van der Waals surface area contributed by atoms with E-state index in [0.717, 1.165) is 36.8 Å². The second-order valence-corrected chi connectivity index (χ2v) is 12.1. The lowest BCUT2D eigenvalue weighted by atomic mass is 10.0. The van der Waals surface area contributed by atoms with Crippen molar-refractivity contribution >= 4 is 22.1 Å². The Morgan fingerprint density at radius 1 is 0.895 bits per heavy atom. The quantitative estimate of drug-likeness (QED) is 0.477. The van der Waals surface area contributed by atoms with Crippen LogP contribution in [0.5, 0.6) is 0 Å². The summed E-state index contributed by atoms with van der Waals surface area (Å²) in [5, 5.41) is 0. The molecule has 2 aliphatic rings. The standard InChI is InChI=1S/C28H38N4O5S/c1-21-5-7-22(8-6-21)23-9-11-24(12-10-23)27(33)29(2)26-14-16-32(20-26)28(34)30(3)25-13-15-31(19-25)17-18-37-38(4,35)36/h5-12,25-26H,13-20H2,1-4H3. The number of nitrogens with zero attached hydrogens (tertiary/aromatic N) is 4. The molecule has 2 unspecified atom stereocenters. The van der Waals surface area contributed by atoms with Crippen molar-refractivity contribution in [2.45, 2.75) is 31.8 Å². The molecule has 2 saturated heterocycles. The van der Waals surface area contributed by atoms with Gasteiger partial charge in [0.05, 0.1) is 18.9 Å². The molecule has 0 bridgehead atoms. The Bertz CT molecular complexity index is 1230. The molecule has 9 nitrogen and oxygen atoms in total. The first kappa shape index (κ1) is 28.1. The average molecular weight is 543 g/mol. The molecule has 0 aliphatic carbocycles. The Morgan fingerprint density at radius 3 is 2.11 bits per heavy atom. The molecule has 2 heterocycles. The number of benzene rings is 2. The lowest BCUT2D eigenvalue weighted by Gasteiger charge is -2.30. The summed E-state index contributed by atoms with van der Waals surface area (Å²) in [6.45, 7) is 5.27. The Hall–Kier alpha value is -2.95. The molecule has 38 heavy (non-hydrogen) atoms. The zero-order valence-corrected chi connectivity index (χ0v) is 23.5. The molecule has 2 aliphatic heterocycles. The lowest BCUT2D eigenvalue weighted by Crippen LogP contribution is -2.47. The van der Waals surface area contributed by atoms with E-state index in [1.165, 1.54) is 5.56 Å². The summed E-state index contributed by atoms with van der Waals surface area (Å²) < 4.78 is 27.2. The Labute approximate surface area is 226 Å². The van der Waals surface area contributed by atoms with Gasteiger partial charge in [0.1, 0.15) is 0 Å². The summed E-state index contributed by atoms with van der Waals surface area (Å²) in [6, 6.07) is 16.0. The third-order valence-electron chi connectivity index (χ3n) is 7.62. The predicted octanol–water partition coefficient (Wildman–Crippen LogP) is 2.91. The molecule has 0 spiro atoms. The van der Waals surface area contributed by atoms with Gasteiger partial charge < -0.3 is 14.7 Å². The first-order valence-corrected chi connectivity index (χ1v) is 14.9. The van der Waals surface area contributed by atoms with Crippen molar-refractivity contribution in [3.05, 3.63) is 59.7 Å². The van der Waals surface area contributed by atoms with E-state index in [-0.39, 0.29) is 30.6 Å². The van der Waals surface area contributed by atoms with Crippen molar-refractivity contribution in [1.82, 2.24) is 19.6 Å². The van der Waals surface area contributed by atoms with Crippen LogP contribution >= 0.6 is 0 Å². The highest BCUT2D eigenvalue weighted by atomic mass is 32.2. The summed E-state index contributed by atoms with van der Waals surface area (Å²) in [4.78, 5) is 33.9. The summed E-state index contributed by atoms with van der Waals surface area (Å²) in [6.07, 6.45) is 2.61. The zero-order valence-electron chi connectivity index (χ0n) is 22.7. The zero-order chi connectivity index (χ0) is 27.4. The van der Waals surface area contributed by atoms with E-state index < -0.39 is 10.1 Å². The van der Waals surface area contributed by atoms with Gasteiger partial charge in [-0.3, -0.25) is 13.9 Å². The summed E-state index contributed by atoms with van der Waals surface area (Å²) in [7, 11) is 0.185. The Balaban J connectivity index is 1.28. The fourth-order valence-electron chi connectivity index (χ4n) is 5.18. The number of hydrogen-bond acceptors (Lipinski definition) is 6. The highest BCUT2D eigenvalue weighted by molar-refractivity contribution is 7.85. The van der Waals surface area contributed by atoms with Gasteiger partial charge in [-0.15, -0.1) is 0 Å². The van der Waals surface area contributed by atoms with E-state index in [4.69, 9.17) is 4.18 Å². The maximum Gasteiger partial charge on any atom is 0.320 e. The Morgan fingerprint density at radius 2 is 1.47 bits per heavy atom. The molecule has 206 valence electrons. The SMILES string of the molecule is Cc1ccc(-c2ccc(C(=O)N(C)C3CCN(C(=O)N(C)C4CCN(CCOS(C)(=O)=O)C4)C3)cc2)cc1. The number of hydrogen-bond donors (Lipinski definition) is 0. The van der Waals surface area contributed by atoms with Gasteiger partial charge in [-0.2, -0.15) is 8.42 Å². The van der Waals surface area contributed by atoms with Crippen LogP contribution in [0.3, 0.4) is 0 Å². The van der Waals surface area contributed by atoms with Gasteiger partial charge >= 0.3 is 6.03 Å².